The van der Waals surface area contributed by atoms with Crippen LogP contribution in [0.25, 0.3) is 0 Å². The van der Waals surface area contributed by atoms with Crippen molar-refractivity contribution in [1.82, 2.24) is 0 Å². The number of esters is 1. The summed E-state index contributed by atoms with van der Waals surface area (Å²) in [5, 5.41) is 0. The summed E-state index contributed by atoms with van der Waals surface area (Å²) in [6.45, 7) is 8.53. The molecule has 3 heteroatoms. The molecule has 1 aliphatic heterocycles. The van der Waals surface area contributed by atoms with E-state index in [1.807, 2.05) is 6.92 Å². The van der Waals surface area contributed by atoms with Crippen molar-refractivity contribution in [2.24, 2.45) is 5.41 Å². The van der Waals surface area contributed by atoms with Gasteiger partial charge in [-0.1, -0.05) is 20.8 Å². The van der Waals surface area contributed by atoms with Crippen LogP contribution in [-0.2, 0) is 14.3 Å². The number of hydrogen-bond donors (Lipinski definition) is 0. The lowest BCUT2D eigenvalue weighted by molar-refractivity contribution is -0.142. The van der Waals surface area contributed by atoms with Crippen LogP contribution in [0.4, 0.5) is 0 Å². The van der Waals surface area contributed by atoms with Gasteiger partial charge in [-0.05, 0) is 25.2 Å². The van der Waals surface area contributed by atoms with Crippen LogP contribution < -0.4 is 0 Å². The highest BCUT2D eigenvalue weighted by molar-refractivity contribution is 5.79. The van der Waals surface area contributed by atoms with Crippen molar-refractivity contribution >= 4 is 5.97 Å². The Morgan fingerprint density at radius 1 is 1.50 bits per heavy atom. The van der Waals surface area contributed by atoms with Crippen LogP contribution in [0.5, 0.6) is 0 Å². The van der Waals surface area contributed by atoms with Crippen molar-refractivity contribution in [3.63, 3.8) is 0 Å². The first kappa shape index (κ1) is 11.5. The van der Waals surface area contributed by atoms with Crippen LogP contribution in [0, 0.1) is 5.41 Å². The number of methoxy groups -OCH3 is 1. The summed E-state index contributed by atoms with van der Waals surface area (Å²) in [6.07, 6.45) is 1.63. The normalized spacial score (nSPS) is 31.4. The second-order valence-corrected chi connectivity index (χ2v) is 5.39. The second kappa shape index (κ2) is 3.54. The standard InChI is InChI=1S/C11H20O3/c1-10(2,3)6-7-11(4)8(14-11)9(12)13-5/h8H,6-7H2,1-5H3. The maximum atomic E-state index is 11.2. The Labute approximate surface area is 85.8 Å². The fraction of sp³-hybridized carbons (Fsp3) is 0.909. The molecule has 0 amide bonds. The van der Waals surface area contributed by atoms with Gasteiger partial charge in [-0.2, -0.15) is 0 Å². The first-order valence-corrected chi connectivity index (χ1v) is 5.04. The van der Waals surface area contributed by atoms with Gasteiger partial charge in [0.25, 0.3) is 0 Å². The Balaban J connectivity index is 2.38. The molecule has 0 bridgehead atoms. The fourth-order valence-corrected chi connectivity index (χ4v) is 1.45. The highest BCUT2D eigenvalue weighted by Crippen LogP contribution is 2.43. The number of carbonyl (C=O) groups excluding carboxylic acids is 1. The molecular formula is C11H20O3. The van der Waals surface area contributed by atoms with Gasteiger partial charge < -0.3 is 9.47 Å². The van der Waals surface area contributed by atoms with Gasteiger partial charge in [0.15, 0.2) is 6.10 Å². The van der Waals surface area contributed by atoms with Gasteiger partial charge in [-0.25, -0.2) is 4.79 Å². The van der Waals surface area contributed by atoms with Gasteiger partial charge in [0.05, 0.1) is 7.11 Å². The van der Waals surface area contributed by atoms with E-state index in [1.54, 1.807) is 0 Å². The largest absolute Gasteiger partial charge is 0.467 e. The predicted molar refractivity (Wildman–Crippen MR) is 54.0 cm³/mol. The van der Waals surface area contributed by atoms with E-state index in [4.69, 9.17) is 4.74 Å². The predicted octanol–water partition coefficient (Wildman–Crippen LogP) is 2.14. The fourth-order valence-electron chi connectivity index (χ4n) is 1.45. The molecule has 0 N–H and O–H groups in total. The highest BCUT2D eigenvalue weighted by Gasteiger charge is 2.57. The van der Waals surface area contributed by atoms with Crippen LogP contribution in [-0.4, -0.2) is 24.8 Å². The number of carbonyl (C=O) groups is 1. The lowest BCUT2D eigenvalue weighted by Crippen LogP contribution is -2.21. The minimum Gasteiger partial charge on any atom is -0.467 e. The van der Waals surface area contributed by atoms with E-state index in [2.05, 4.69) is 25.5 Å². The summed E-state index contributed by atoms with van der Waals surface area (Å²) in [4.78, 5) is 11.2. The Bertz CT molecular complexity index is 229. The molecule has 0 aromatic carbocycles. The molecule has 0 aliphatic carbocycles. The maximum absolute atomic E-state index is 11.2. The minimum absolute atomic E-state index is 0.249. The van der Waals surface area contributed by atoms with Crippen LogP contribution in [0.3, 0.4) is 0 Å². The van der Waals surface area contributed by atoms with E-state index in [0.29, 0.717) is 0 Å². The average molecular weight is 200 g/mol. The van der Waals surface area contributed by atoms with Crippen LogP contribution >= 0.6 is 0 Å². The molecule has 1 rings (SSSR count). The van der Waals surface area contributed by atoms with E-state index in [-0.39, 0.29) is 23.1 Å². The van der Waals surface area contributed by atoms with E-state index in [0.717, 1.165) is 12.8 Å². The van der Waals surface area contributed by atoms with E-state index in [1.165, 1.54) is 7.11 Å². The average Bonchev–Trinajstić information content (AvgIpc) is 2.73. The zero-order valence-electron chi connectivity index (χ0n) is 9.72. The van der Waals surface area contributed by atoms with Crippen molar-refractivity contribution in [3.05, 3.63) is 0 Å². The molecule has 1 aliphatic rings. The van der Waals surface area contributed by atoms with Crippen LogP contribution in [0.1, 0.15) is 40.5 Å². The van der Waals surface area contributed by atoms with E-state index in [9.17, 15) is 4.79 Å². The summed E-state index contributed by atoms with van der Waals surface area (Å²) >= 11 is 0. The Hall–Kier alpha value is -0.570. The molecule has 2 atom stereocenters. The van der Waals surface area contributed by atoms with Crippen LogP contribution in [0.2, 0.25) is 0 Å². The summed E-state index contributed by atoms with van der Waals surface area (Å²) in [7, 11) is 1.40. The minimum atomic E-state index is -0.338. The lowest BCUT2D eigenvalue weighted by atomic mass is 9.86. The summed E-state index contributed by atoms with van der Waals surface area (Å²) in [5.41, 5.74) is 0.00992. The topological polar surface area (TPSA) is 38.8 Å². The third kappa shape index (κ3) is 2.71. The zero-order valence-corrected chi connectivity index (χ0v) is 9.72. The molecule has 1 saturated heterocycles. The van der Waals surface area contributed by atoms with Gasteiger partial charge in [0, 0.05) is 0 Å². The third-order valence-electron chi connectivity index (χ3n) is 2.67. The number of hydrogen-bond acceptors (Lipinski definition) is 3. The number of ether oxygens (including phenoxy) is 2. The number of epoxide rings is 1. The smallest absolute Gasteiger partial charge is 0.338 e. The van der Waals surface area contributed by atoms with Crippen molar-refractivity contribution < 1.29 is 14.3 Å². The summed E-state index contributed by atoms with van der Waals surface area (Å²) in [6, 6.07) is 0. The molecule has 1 fully saturated rings. The van der Waals surface area contributed by atoms with Gasteiger partial charge >= 0.3 is 5.97 Å². The first-order chi connectivity index (χ1) is 6.28. The van der Waals surface area contributed by atoms with Crippen molar-refractivity contribution in [1.29, 1.82) is 0 Å². The Morgan fingerprint density at radius 2 is 2.07 bits per heavy atom. The van der Waals surface area contributed by atoms with Gasteiger partial charge in [-0.15, -0.1) is 0 Å². The number of rotatable bonds is 3. The molecule has 0 saturated carbocycles. The molecule has 3 nitrogen and oxygen atoms in total. The second-order valence-electron chi connectivity index (χ2n) is 5.39. The molecule has 1 heterocycles. The monoisotopic (exact) mass is 200 g/mol. The first-order valence-electron chi connectivity index (χ1n) is 5.04. The van der Waals surface area contributed by atoms with Gasteiger partial charge in [0.1, 0.15) is 5.60 Å². The molecule has 0 aromatic heterocycles. The van der Waals surface area contributed by atoms with Gasteiger partial charge in [0.2, 0.25) is 0 Å². The molecular weight excluding hydrogens is 180 g/mol. The van der Waals surface area contributed by atoms with E-state index < -0.39 is 0 Å². The molecule has 14 heavy (non-hydrogen) atoms. The van der Waals surface area contributed by atoms with Crippen molar-refractivity contribution in [2.75, 3.05) is 7.11 Å². The lowest BCUT2D eigenvalue weighted by Gasteiger charge is -2.19. The Kier molecular flexibility index (Phi) is 2.91. The Morgan fingerprint density at radius 3 is 2.50 bits per heavy atom. The molecule has 0 spiro atoms. The molecule has 0 radical (unpaired) electrons. The van der Waals surface area contributed by atoms with E-state index >= 15 is 0 Å². The quantitative estimate of drug-likeness (QED) is 0.517. The van der Waals surface area contributed by atoms with Crippen molar-refractivity contribution in [2.45, 2.75) is 52.2 Å². The molecule has 82 valence electrons. The zero-order chi connectivity index (χ0) is 11.0. The van der Waals surface area contributed by atoms with Crippen LogP contribution in [0.15, 0.2) is 0 Å². The summed E-state index contributed by atoms with van der Waals surface area (Å²) < 4.78 is 10.0. The SMILES string of the molecule is COC(=O)C1OC1(C)CCC(C)(C)C. The van der Waals surface area contributed by atoms with Crippen molar-refractivity contribution in [3.8, 4) is 0 Å². The maximum Gasteiger partial charge on any atom is 0.338 e. The van der Waals surface area contributed by atoms with Gasteiger partial charge in [-0.3, -0.25) is 0 Å². The summed E-state index contributed by atoms with van der Waals surface area (Å²) in [5.74, 6) is -0.249. The molecule has 0 aromatic rings. The third-order valence-corrected chi connectivity index (χ3v) is 2.67. The highest BCUT2D eigenvalue weighted by atomic mass is 16.6. The molecule has 2 unspecified atom stereocenters.